The van der Waals surface area contributed by atoms with Gasteiger partial charge < -0.3 is 4.43 Å². The standard InChI is InChI=1S/C19H28ClN3OSi/c1-8-9-16-15-13-21-18(20)12-17(15)23(22-16)14(2)10-11-24-25(6,7)19(3,4)5/h12-14H,10-11H2,1-7H3/t14-/m0/s1. The summed E-state index contributed by atoms with van der Waals surface area (Å²) in [5.74, 6) is 5.97. The molecule has 0 saturated carbocycles. The van der Waals surface area contributed by atoms with Gasteiger partial charge in [-0.1, -0.05) is 38.3 Å². The highest BCUT2D eigenvalue weighted by atomic mass is 35.5. The maximum atomic E-state index is 6.31. The van der Waals surface area contributed by atoms with Gasteiger partial charge >= 0.3 is 0 Å². The van der Waals surface area contributed by atoms with Gasteiger partial charge in [-0.15, -0.1) is 0 Å². The van der Waals surface area contributed by atoms with Crippen molar-refractivity contribution in [2.24, 2.45) is 0 Å². The van der Waals surface area contributed by atoms with E-state index in [2.05, 4.69) is 62.7 Å². The second-order valence-corrected chi connectivity index (χ2v) is 13.1. The van der Waals surface area contributed by atoms with E-state index in [9.17, 15) is 0 Å². The fourth-order valence-electron chi connectivity index (χ4n) is 2.38. The number of rotatable bonds is 5. The average Bonchev–Trinajstić information content (AvgIpc) is 2.84. The van der Waals surface area contributed by atoms with Crippen LogP contribution in [0.5, 0.6) is 0 Å². The Morgan fingerprint density at radius 2 is 2.04 bits per heavy atom. The first kappa shape index (κ1) is 20.0. The molecule has 0 fully saturated rings. The molecule has 2 rings (SSSR count). The van der Waals surface area contributed by atoms with Crippen LogP contribution in [-0.4, -0.2) is 29.7 Å². The Hall–Kier alpha value is -1.35. The Kier molecular flexibility index (Phi) is 5.98. The molecule has 0 aliphatic heterocycles. The molecule has 0 spiro atoms. The fourth-order valence-corrected chi connectivity index (χ4v) is 3.59. The van der Waals surface area contributed by atoms with Crippen LogP contribution in [0.15, 0.2) is 12.3 Å². The van der Waals surface area contributed by atoms with E-state index in [1.165, 1.54) is 0 Å². The van der Waals surface area contributed by atoms with Crippen molar-refractivity contribution in [2.45, 2.75) is 65.2 Å². The summed E-state index contributed by atoms with van der Waals surface area (Å²) in [6, 6.07) is 2.05. The Bertz CT molecular complexity index is 812. The van der Waals surface area contributed by atoms with E-state index in [0.29, 0.717) is 5.15 Å². The summed E-state index contributed by atoms with van der Waals surface area (Å²) < 4.78 is 8.31. The number of pyridine rings is 1. The second kappa shape index (κ2) is 7.49. The number of hydrogen-bond donors (Lipinski definition) is 0. The Morgan fingerprint density at radius 1 is 1.36 bits per heavy atom. The van der Waals surface area contributed by atoms with Crippen molar-refractivity contribution < 1.29 is 4.43 Å². The lowest BCUT2D eigenvalue weighted by Crippen LogP contribution is -2.41. The van der Waals surface area contributed by atoms with Crippen molar-refractivity contribution in [3.8, 4) is 11.8 Å². The van der Waals surface area contributed by atoms with Gasteiger partial charge in [0.15, 0.2) is 8.32 Å². The van der Waals surface area contributed by atoms with Gasteiger partial charge in [-0.05, 0) is 44.3 Å². The molecule has 25 heavy (non-hydrogen) atoms. The third-order valence-electron chi connectivity index (χ3n) is 5.02. The number of aromatic nitrogens is 3. The summed E-state index contributed by atoms with van der Waals surface area (Å²) in [6.45, 7) is 16.0. The number of nitrogens with zero attached hydrogens (tertiary/aromatic N) is 3. The lowest BCUT2D eigenvalue weighted by atomic mass is 10.2. The van der Waals surface area contributed by atoms with Crippen LogP contribution in [0.3, 0.4) is 0 Å². The van der Waals surface area contributed by atoms with Gasteiger partial charge in [0.05, 0.1) is 16.9 Å². The van der Waals surface area contributed by atoms with Crippen molar-refractivity contribution >= 4 is 30.8 Å². The zero-order valence-electron chi connectivity index (χ0n) is 16.3. The lowest BCUT2D eigenvalue weighted by Gasteiger charge is -2.36. The van der Waals surface area contributed by atoms with E-state index in [1.807, 2.05) is 17.7 Å². The summed E-state index contributed by atoms with van der Waals surface area (Å²) in [6.07, 6.45) is 2.64. The van der Waals surface area contributed by atoms with Crippen LogP contribution < -0.4 is 0 Å². The Balaban J connectivity index is 2.20. The Labute approximate surface area is 157 Å². The molecule has 0 saturated heterocycles. The van der Waals surface area contributed by atoms with Crippen molar-refractivity contribution in [2.75, 3.05) is 6.61 Å². The lowest BCUT2D eigenvalue weighted by molar-refractivity contribution is 0.257. The van der Waals surface area contributed by atoms with Gasteiger partial charge in [0.25, 0.3) is 0 Å². The van der Waals surface area contributed by atoms with E-state index in [1.54, 1.807) is 6.20 Å². The summed E-state index contributed by atoms with van der Waals surface area (Å²) in [7, 11) is -1.73. The normalized spacial score (nSPS) is 13.6. The van der Waals surface area contributed by atoms with Crippen molar-refractivity contribution in [3.63, 3.8) is 0 Å². The largest absolute Gasteiger partial charge is 0.417 e. The minimum Gasteiger partial charge on any atom is -0.417 e. The highest BCUT2D eigenvalue weighted by Crippen LogP contribution is 2.36. The molecule has 2 heterocycles. The number of halogens is 1. The molecule has 0 amide bonds. The molecule has 0 bridgehead atoms. The van der Waals surface area contributed by atoms with Crippen molar-refractivity contribution in [3.05, 3.63) is 23.1 Å². The van der Waals surface area contributed by atoms with Gasteiger partial charge in [0.1, 0.15) is 10.8 Å². The van der Waals surface area contributed by atoms with Crippen LogP contribution in [0, 0.1) is 11.8 Å². The van der Waals surface area contributed by atoms with Gasteiger partial charge in [-0.2, -0.15) is 5.10 Å². The van der Waals surface area contributed by atoms with Crippen LogP contribution in [0.4, 0.5) is 0 Å². The topological polar surface area (TPSA) is 39.9 Å². The molecule has 1 atom stereocenters. The minimum atomic E-state index is -1.73. The van der Waals surface area contributed by atoms with E-state index < -0.39 is 8.32 Å². The molecule has 0 unspecified atom stereocenters. The number of fused-ring (bicyclic) bond motifs is 1. The zero-order chi connectivity index (χ0) is 18.8. The van der Waals surface area contributed by atoms with Crippen LogP contribution in [0.25, 0.3) is 10.9 Å². The minimum absolute atomic E-state index is 0.193. The van der Waals surface area contributed by atoms with Crippen molar-refractivity contribution in [1.82, 2.24) is 14.8 Å². The zero-order valence-corrected chi connectivity index (χ0v) is 18.0. The third-order valence-corrected chi connectivity index (χ3v) is 9.77. The first-order valence-electron chi connectivity index (χ1n) is 8.67. The van der Waals surface area contributed by atoms with Crippen molar-refractivity contribution in [1.29, 1.82) is 0 Å². The molecule has 0 aromatic carbocycles. The summed E-state index contributed by atoms with van der Waals surface area (Å²) in [5, 5.41) is 6.31. The maximum Gasteiger partial charge on any atom is 0.191 e. The SMILES string of the molecule is CC#Cc1nn([C@@H](C)CCO[Si](C)(C)C(C)(C)C)c2cc(Cl)ncc12. The summed E-state index contributed by atoms with van der Waals surface area (Å²) in [5.41, 5.74) is 1.72. The molecular formula is C19H28ClN3OSi. The molecule has 2 aromatic heterocycles. The second-order valence-electron chi connectivity index (χ2n) is 7.94. The third kappa shape index (κ3) is 4.44. The highest BCUT2D eigenvalue weighted by molar-refractivity contribution is 6.74. The monoisotopic (exact) mass is 377 g/mol. The van der Waals surface area contributed by atoms with E-state index in [4.69, 9.17) is 16.0 Å². The molecule has 4 nitrogen and oxygen atoms in total. The molecular weight excluding hydrogens is 350 g/mol. The summed E-state index contributed by atoms with van der Waals surface area (Å²) in [4.78, 5) is 4.17. The average molecular weight is 378 g/mol. The first-order valence-corrected chi connectivity index (χ1v) is 12.0. The van der Waals surface area contributed by atoms with Crippen LogP contribution in [0.2, 0.25) is 23.3 Å². The smallest absolute Gasteiger partial charge is 0.191 e. The molecule has 2 aromatic rings. The molecule has 0 radical (unpaired) electrons. The fraction of sp³-hybridized carbons (Fsp3) is 0.579. The molecule has 136 valence electrons. The van der Waals surface area contributed by atoms with Crippen LogP contribution >= 0.6 is 11.6 Å². The van der Waals surface area contributed by atoms with Gasteiger partial charge in [0.2, 0.25) is 0 Å². The van der Waals surface area contributed by atoms with Gasteiger partial charge in [0, 0.05) is 18.9 Å². The van der Waals surface area contributed by atoms with Crippen LogP contribution in [-0.2, 0) is 4.43 Å². The van der Waals surface area contributed by atoms with E-state index in [0.717, 1.165) is 29.6 Å². The molecule has 0 aliphatic rings. The van der Waals surface area contributed by atoms with Crippen LogP contribution in [0.1, 0.15) is 52.8 Å². The highest BCUT2D eigenvalue weighted by Gasteiger charge is 2.37. The van der Waals surface area contributed by atoms with E-state index in [-0.39, 0.29) is 11.1 Å². The molecule has 6 heteroatoms. The predicted octanol–water partition coefficient (Wildman–Crippen LogP) is 5.43. The Morgan fingerprint density at radius 3 is 2.64 bits per heavy atom. The first-order chi connectivity index (χ1) is 11.6. The summed E-state index contributed by atoms with van der Waals surface area (Å²) >= 11 is 6.09. The molecule has 0 N–H and O–H groups in total. The van der Waals surface area contributed by atoms with E-state index >= 15 is 0 Å². The predicted molar refractivity (Wildman–Crippen MR) is 108 cm³/mol. The van der Waals surface area contributed by atoms with Gasteiger partial charge in [-0.25, -0.2) is 4.98 Å². The maximum absolute atomic E-state index is 6.31. The number of hydrogen-bond acceptors (Lipinski definition) is 3. The quantitative estimate of drug-likeness (QED) is 0.396. The van der Waals surface area contributed by atoms with Gasteiger partial charge in [-0.3, -0.25) is 4.68 Å². The molecule has 0 aliphatic carbocycles.